The van der Waals surface area contributed by atoms with Crippen LogP contribution in [0.3, 0.4) is 0 Å². The molecule has 108 valence electrons. The van der Waals surface area contributed by atoms with Gasteiger partial charge >= 0.3 is 0 Å². The summed E-state index contributed by atoms with van der Waals surface area (Å²) in [6, 6.07) is 3.23. The number of aliphatic hydroxyl groups excluding tert-OH is 1. The van der Waals surface area contributed by atoms with Crippen LogP contribution in [-0.2, 0) is 4.79 Å². The average molecular weight is 278 g/mol. The molecule has 1 amide bonds. The minimum absolute atomic E-state index is 0.126. The molecule has 0 unspecified atom stereocenters. The van der Waals surface area contributed by atoms with E-state index in [2.05, 4.69) is 10.3 Å². The third kappa shape index (κ3) is 2.65. The highest BCUT2D eigenvalue weighted by atomic mass is 16.5. The highest BCUT2D eigenvalue weighted by molar-refractivity contribution is 6.22. The van der Waals surface area contributed by atoms with Crippen LogP contribution in [0.1, 0.15) is 37.0 Å². The van der Waals surface area contributed by atoms with E-state index in [0.29, 0.717) is 30.9 Å². The van der Waals surface area contributed by atoms with Crippen molar-refractivity contribution in [3.63, 3.8) is 0 Å². The first kappa shape index (κ1) is 14.5. The van der Waals surface area contributed by atoms with Crippen LogP contribution in [0.5, 0.6) is 5.88 Å². The van der Waals surface area contributed by atoms with Gasteiger partial charge in [-0.1, -0.05) is 0 Å². The van der Waals surface area contributed by atoms with Gasteiger partial charge in [-0.25, -0.2) is 0 Å². The molecule has 0 fully saturated rings. The second kappa shape index (κ2) is 5.58. The maximum Gasteiger partial charge on any atom is 0.239 e. The van der Waals surface area contributed by atoms with Crippen LogP contribution >= 0.6 is 0 Å². The Morgan fingerprint density at radius 3 is 2.75 bits per heavy atom. The molecule has 0 aromatic carbocycles. The second-order valence-electron chi connectivity index (χ2n) is 5.23. The number of aliphatic hydroxyl groups is 1. The molecule has 1 aromatic rings. The number of carbonyl (C=O) groups excluding carboxylic acids is 2. The molecule has 1 aliphatic rings. The quantitative estimate of drug-likeness (QED) is 0.627. The molecule has 0 saturated carbocycles. The minimum atomic E-state index is -1.07. The van der Waals surface area contributed by atoms with Gasteiger partial charge in [0.2, 0.25) is 11.8 Å². The number of unbranched alkanes of at least 4 members (excludes halogenated alkanes) is 1. The number of nitrogens with zero attached hydrogens (tertiary/aromatic N) is 1. The summed E-state index contributed by atoms with van der Waals surface area (Å²) in [5.74, 6) is 0.00369. The lowest BCUT2D eigenvalue weighted by Gasteiger charge is -2.28. The monoisotopic (exact) mass is 278 g/mol. The molecular formula is C14H18N2O4. The van der Waals surface area contributed by atoms with Gasteiger partial charge in [0.1, 0.15) is 11.2 Å². The highest BCUT2D eigenvalue weighted by Crippen LogP contribution is 2.33. The predicted molar refractivity (Wildman–Crippen MR) is 72.8 cm³/mol. The number of pyridine rings is 1. The number of ether oxygens (including phenoxy) is 1. The Kier molecular flexibility index (Phi) is 4.04. The Morgan fingerprint density at radius 1 is 1.30 bits per heavy atom. The van der Waals surface area contributed by atoms with E-state index in [-0.39, 0.29) is 24.1 Å². The third-order valence-corrected chi connectivity index (χ3v) is 3.28. The van der Waals surface area contributed by atoms with Crippen molar-refractivity contribution in [3.8, 4) is 5.88 Å². The molecule has 0 atom stereocenters. The van der Waals surface area contributed by atoms with E-state index in [4.69, 9.17) is 9.84 Å². The first-order chi connectivity index (χ1) is 9.46. The molecule has 0 saturated heterocycles. The van der Waals surface area contributed by atoms with Crippen molar-refractivity contribution in [1.82, 2.24) is 4.98 Å². The van der Waals surface area contributed by atoms with Gasteiger partial charge in [0, 0.05) is 12.7 Å². The van der Waals surface area contributed by atoms with Gasteiger partial charge in [-0.2, -0.15) is 4.98 Å². The lowest BCUT2D eigenvalue weighted by molar-refractivity contribution is -0.122. The minimum Gasteiger partial charge on any atom is -0.478 e. The fourth-order valence-corrected chi connectivity index (χ4v) is 1.89. The van der Waals surface area contributed by atoms with E-state index < -0.39 is 5.41 Å². The summed E-state index contributed by atoms with van der Waals surface area (Å²) in [5.41, 5.74) is -0.671. The molecule has 20 heavy (non-hydrogen) atoms. The van der Waals surface area contributed by atoms with E-state index in [1.165, 1.54) is 0 Å². The Labute approximate surface area is 117 Å². The molecule has 1 aliphatic heterocycles. The molecule has 2 N–H and O–H groups in total. The summed E-state index contributed by atoms with van der Waals surface area (Å²) in [7, 11) is 0. The zero-order valence-corrected chi connectivity index (χ0v) is 11.6. The number of hydrogen-bond donors (Lipinski definition) is 2. The summed E-state index contributed by atoms with van der Waals surface area (Å²) in [6.45, 7) is 3.74. The van der Waals surface area contributed by atoms with Crippen LogP contribution in [0.15, 0.2) is 12.1 Å². The lowest BCUT2D eigenvalue weighted by atomic mass is 9.81. The molecular weight excluding hydrogens is 260 g/mol. The maximum absolute atomic E-state index is 12.2. The van der Waals surface area contributed by atoms with Crippen molar-refractivity contribution in [1.29, 1.82) is 0 Å². The lowest BCUT2D eigenvalue weighted by Crippen LogP contribution is -2.42. The number of nitrogens with one attached hydrogen (secondary N) is 1. The first-order valence-electron chi connectivity index (χ1n) is 6.58. The number of Topliss-reactive ketones (excluding diaryl/α,β-unsaturated/α-hetero) is 1. The third-order valence-electron chi connectivity index (χ3n) is 3.28. The van der Waals surface area contributed by atoms with Crippen molar-refractivity contribution in [2.45, 2.75) is 26.7 Å². The van der Waals surface area contributed by atoms with E-state index in [1.807, 2.05) is 0 Å². The van der Waals surface area contributed by atoms with Gasteiger partial charge in [-0.15, -0.1) is 0 Å². The summed E-state index contributed by atoms with van der Waals surface area (Å²) in [4.78, 5) is 28.2. The van der Waals surface area contributed by atoms with Crippen LogP contribution in [0.2, 0.25) is 0 Å². The number of ketones is 1. The molecule has 2 rings (SSSR count). The van der Waals surface area contributed by atoms with Gasteiger partial charge < -0.3 is 15.2 Å². The predicted octanol–water partition coefficient (Wildman–Crippen LogP) is 1.39. The topological polar surface area (TPSA) is 88.5 Å². The van der Waals surface area contributed by atoms with Crippen LogP contribution < -0.4 is 10.1 Å². The standard InChI is InChI=1S/C14H18N2O4/c1-14(2)11(18)9-5-6-10(20-8-4-3-7-17)15-12(9)16-13(14)19/h5-6,17H,3-4,7-8H2,1-2H3,(H,15,16,19). The summed E-state index contributed by atoms with van der Waals surface area (Å²) < 4.78 is 5.41. The molecule has 0 radical (unpaired) electrons. The number of carbonyl (C=O) groups is 2. The first-order valence-corrected chi connectivity index (χ1v) is 6.58. The Bertz CT molecular complexity index is 540. The van der Waals surface area contributed by atoms with Gasteiger partial charge in [0.25, 0.3) is 0 Å². The van der Waals surface area contributed by atoms with Crippen molar-refractivity contribution in [2.75, 3.05) is 18.5 Å². The number of fused-ring (bicyclic) bond motifs is 1. The SMILES string of the molecule is CC1(C)C(=O)Nc2nc(OCCCCO)ccc2C1=O. The van der Waals surface area contributed by atoms with Gasteiger partial charge in [0.15, 0.2) is 5.78 Å². The Hall–Kier alpha value is -1.95. The fourth-order valence-electron chi connectivity index (χ4n) is 1.89. The number of rotatable bonds is 5. The number of aromatic nitrogens is 1. The molecule has 0 bridgehead atoms. The molecule has 6 heteroatoms. The largest absolute Gasteiger partial charge is 0.478 e. The van der Waals surface area contributed by atoms with E-state index in [1.54, 1.807) is 26.0 Å². The zero-order valence-electron chi connectivity index (χ0n) is 11.6. The van der Waals surface area contributed by atoms with Gasteiger partial charge in [-0.3, -0.25) is 9.59 Å². The summed E-state index contributed by atoms with van der Waals surface area (Å²) >= 11 is 0. The van der Waals surface area contributed by atoms with Crippen LogP contribution in [0.4, 0.5) is 5.82 Å². The van der Waals surface area contributed by atoms with Crippen LogP contribution in [0.25, 0.3) is 0 Å². The van der Waals surface area contributed by atoms with E-state index >= 15 is 0 Å². The number of amides is 1. The average Bonchev–Trinajstić information content (AvgIpc) is 2.42. The van der Waals surface area contributed by atoms with Crippen molar-refractivity contribution in [3.05, 3.63) is 17.7 Å². The summed E-state index contributed by atoms with van der Waals surface area (Å²) in [6.07, 6.45) is 1.38. The van der Waals surface area contributed by atoms with Crippen LogP contribution in [-0.4, -0.2) is 35.0 Å². The molecule has 2 heterocycles. The Morgan fingerprint density at radius 2 is 2.05 bits per heavy atom. The van der Waals surface area contributed by atoms with Gasteiger partial charge in [0.05, 0.1) is 12.2 Å². The molecule has 0 spiro atoms. The zero-order chi connectivity index (χ0) is 14.8. The fraction of sp³-hybridized carbons (Fsp3) is 0.500. The number of anilines is 1. The normalized spacial score (nSPS) is 16.6. The van der Waals surface area contributed by atoms with Gasteiger partial charge in [-0.05, 0) is 32.8 Å². The molecule has 6 nitrogen and oxygen atoms in total. The molecule has 0 aliphatic carbocycles. The summed E-state index contributed by atoms with van der Waals surface area (Å²) in [5, 5.41) is 11.3. The second-order valence-corrected chi connectivity index (χ2v) is 5.23. The number of hydrogen-bond acceptors (Lipinski definition) is 5. The Balaban J connectivity index is 2.15. The van der Waals surface area contributed by atoms with E-state index in [9.17, 15) is 9.59 Å². The van der Waals surface area contributed by atoms with Crippen LogP contribution in [0, 0.1) is 5.41 Å². The highest BCUT2D eigenvalue weighted by Gasteiger charge is 2.42. The smallest absolute Gasteiger partial charge is 0.239 e. The van der Waals surface area contributed by atoms with Crippen molar-refractivity contribution in [2.24, 2.45) is 5.41 Å². The maximum atomic E-state index is 12.2. The molecule has 1 aromatic heterocycles. The van der Waals surface area contributed by atoms with Crippen molar-refractivity contribution >= 4 is 17.5 Å². The van der Waals surface area contributed by atoms with E-state index in [0.717, 1.165) is 0 Å². The van der Waals surface area contributed by atoms with Crippen molar-refractivity contribution < 1.29 is 19.4 Å².